The van der Waals surface area contributed by atoms with Crippen molar-refractivity contribution in [2.75, 3.05) is 0 Å². The van der Waals surface area contributed by atoms with Crippen molar-refractivity contribution in [3.8, 4) is 0 Å². The maximum absolute atomic E-state index is 8.82. The van der Waals surface area contributed by atoms with E-state index in [9.17, 15) is 0 Å². The van der Waals surface area contributed by atoms with Crippen LogP contribution in [-0.4, -0.2) is 27.2 Å². The van der Waals surface area contributed by atoms with Crippen LogP contribution in [0.3, 0.4) is 0 Å². The van der Waals surface area contributed by atoms with E-state index < -0.39 is 13.6 Å². The van der Waals surface area contributed by atoms with Crippen LogP contribution in [0, 0.1) is 0 Å². The summed E-state index contributed by atoms with van der Waals surface area (Å²) in [5, 5.41) is 0. The Morgan fingerprint density at radius 1 is 1.12 bits per heavy atom. The second-order valence-corrected chi connectivity index (χ2v) is 1.85. The van der Waals surface area contributed by atoms with Gasteiger partial charge in [-0.25, -0.2) is 0 Å². The molecule has 4 nitrogen and oxygen atoms in total. The van der Waals surface area contributed by atoms with Crippen LogP contribution in [0.2, 0.25) is 0 Å². The summed E-state index contributed by atoms with van der Waals surface area (Å²) in [6.45, 7) is 0. The SMILES string of the molecule is [Co].[LiH].[Ni].[O]=[Cr](=[O])([OH])[OH]. The molecule has 0 aromatic carbocycles. The standard InChI is InChI=1S/Co.Cr.Li.Ni.2H2O.2O.H/h;;;;2*1H2;;;/q;+2;;;;;;;/p-2. The van der Waals surface area contributed by atoms with Crippen LogP contribution in [0.5, 0.6) is 0 Å². The van der Waals surface area contributed by atoms with Gasteiger partial charge in [0.25, 0.3) is 0 Å². The van der Waals surface area contributed by atoms with E-state index in [1.807, 2.05) is 0 Å². The van der Waals surface area contributed by atoms with Gasteiger partial charge >= 0.3 is 48.4 Å². The van der Waals surface area contributed by atoms with Crippen molar-refractivity contribution in [1.82, 2.24) is 0 Å². The molecule has 0 atom stereocenters. The monoisotopic (exact) mass is 243 g/mol. The third-order valence-corrected chi connectivity index (χ3v) is 0. The van der Waals surface area contributed by atoms with Crippen molar-refractivity contribution in [3.63, 3.8) is 0 Å². The first-order valence-electron chi connectivity index (χ1n) is 0.698. The van der Waals surface area contributed by atoms with E-state index in [1.165, 1.54) is 0 Å². The summed E-state index contributed by atoms with van der Waals surface area (Å²) in [5.41, 5.74) is 0. The summed E-state index contributed by atoms with van der Waals surface area (Å²) >= 11 is -5.25. The van der Waals surface area contributed by atoms with Crippen LogP contribution in [0.1, 0.15) is 0 Å². The van der Waals surface area contributed by atoms with Crippen molar-refractivity contribution >= 4 is 18.9 Å². The molecule has 0 aromatic heterocycles. The average Bonchev–Trinajstić information content (AvgIpc) is 0.722. The summed E-state index contributed by atoms with van der Waals surface area (Å²) < 4.78 is 31.9. The fourth-order valence-corrected chi connectivity index (χ4v) is 0. The topological polar surface area (TPSA) is 74.6 Å². The van der Waals surface area contributed by atoms with Crippen molar-refractivity contribution in [3.05, 3.63) is 0 Å². The molecule has 0 bridgehead atoms. The molecule has 0 fully saturated rings. The third kappa shape index (κ3) is 124. The van der Waals surface area contributed by atoms with Gasteiger partial charge in [-0.3, -0.25) is 0 Å². The average molecular weight is 244 g/mol. The van der Waals surface area contributed by atoms with Crippen LogP contribution in [0.15, 0.2) is 0 Å². The molecule has 0 aromatic rings. The molecule has 8 heavy (non-hydrogen) atoms. The van der Waals surface area contributed by atoms with Crippen molar-refractivity contribution in [2.45, 2.75) is 0 Å². The quantitative estimate of drug-likeness (QED) is 0.482. The Bertz CT molecular complexity index is 99.2. The van der Waals surface area contributed by atoms with Gasteiger partial charge in [-0.15, -0.1) is 0 Å². The minimum atomic E-state index is -5.25. The molecule has 0 saturated carbocycles. The van der Waals surface area contributed by atoms with Gasteiger partial charge in [0.05, 0.1) is 0 Å². The Kier molecular flexibility index (Phi) is 24.5. The molecule has 0 aliphatic rings. The van der Waals surface area contributed by atoms with Crippen LogP contribution in [-0.2, 0) is 54.5 Å². The Labute approximate surface area is 81.1 Å². The van der Waals surface area contributed by atoms with E-state index in [0.717, 1.165) is 0 Å². The van der Waals surface area contributed by atoms with E-state index in [0.29, 0.717) is 0 Å². The normalized spacial score (nSPS) is 7.25. The molecular formula is H3CoCrLiNiO4. The second kappa shape index (κ2) is 8.65. The summed E-state index contributed by atoms with van der Waals surface area (Å²) in [6.07, 6.45) is 0. The van der Waals surface area contributed by atoms with E-state index in [1.54, 1.807) is 0 Å². The zero-order valence-corrected chi connectivity index (χ0v) is 6.07. The van der Waals surface area contributed by atoms with Crippen molar-refractivity contribution in [2.24, 2.45) is 0 Å². The van der Waals surface area contributed by atoms with E-state index >= 15 is 0 Å². The van der Waals surface area contributed by atoms with Crippen LogP contribution < -0.4 is 0 Å². The maximum atomic E-state index is 8.82. The summed E-state index contributed by atoms with van der Waals surface area (Å²) in [6, 6.07) is 0. The third-order valence-electron chi connectivity index (χ3n) is 0. The molecule has 2 N–H and O–H groups in total. The first-order chi connectivity index (χ1) is 2.00. The summed E-state index contributed by atoms with van der Waals surface area (Å²) in [4.78, 5) is 0. The molecule has 0 amide bonds. The van der Waals surface area contributed by atoms with Gasteiger partial charge in [-0.05, 0) is 0 Å². The number of rotatable bonds is 0. The van der Waals surface area contributed by atoms with Gasteiger partial charge in [0.1, 0.15) is 0 Å². The van der Waals surface area contributed by atoms with Crippen molar-refractivity contribution in [1.29, 1.82) is 0 Å². The molecule has 0 aliphatic carbocycles. The van der Waals surface area contributed by atoms with Gasteiger partial charge in [0.15, 0.2) is 0 Å². The van der Waals surface area contributed by atoms with E-state index in [-0.39, 0.29) is 52.1 Å². The number of hydrogen-bond acceptors (Lipinski definition) is 2. The van der Waals surface area contributed by atoms with Gasteiger partial charge in [-0.1, -0.05) is 0 Å². The Morgan fingerprint density at radius 2 is 1.12 bits per heavy atom. The molecule has 0 saturated heterocycles. The Morgan fingerprint density at radius 3 is 1.12 bits per heavy atom. The molecule has 0 rings (SSSR count). The van der Waals surface area contributed by atoms with Crippen LogP contribution >= 0.6 is 0 Å². The fourth-order valence-electron chi connectivity index (χ4n) is 0. The van der Waals surface area contributed by atoms with Gasteiger partial charge in [0.2, 0.25) is 0 Å². The molecular weight excluding hydrogens is 241 g/mol. The van der Waals surface area contributed by atoms with Crippen LogP contribution in [0.4, 0.5) is 0 Å². The first-order valence-corrected chi connectivity index (χ1v) is 2.88. The summed E-state index contributed by atoms with van der Waals surface area (Å²) in [7, 11) is 0. The predicted molar refractivity (Wildman–Crippen MR) is 13.0 cm³/mol. The minimum absolute atomic E-state index is 0. The molecule has 0 aliphatic heterocycles. The zero-order valence-electron chi connectivity index (χ0n) is 2.77. The summed E-state index contributed by atoms with van der Waals surface area (Å²) in [5.74, 6) is 0. The molecule has 53 valence electrons. The van der Waals surface area contributed by atoms with E-state index in [4.69, 9.17) is 15.9 Å². The Hall–Kier alpha value is 1.65. The molecule has 0 unspecified atom stereocenters. The predicted octanol–water partition coefficient (Wildman–Crippen LogP) is -2.01. The zero-order chi connectivity index (χ0) is 4.50. The molecule has 8 heteroatoms. The van der Waals surface area contributed by atoms with Crippen molar-refractivity contribution < 1.29 is 62.8 Å². The van der Waals surface area contributed by atoms with Crippen LogP contribution in [0.25, 0.3) is 0 Å². The molecule has 0 spiro atoms. The first kappa shape index (κ1) is 22.6. The Balaban J connectivity index is -0.0000000267. The van der Waals surface area contributed by atoms with E-state index in [2.05, 4.69) is 0 Å². The molecule has 0 heterocycles. The fraction of sp³-hybridized carbons (Fsp3) is 0. The van der Waals surface area contributed by atoms with Gasteiger partial charge < -0.3 is 0 Å². The second-order valence-electron chi connectivity index (χ2n) is 0.448. The van der Waals surface area contributed by atoms with Gasteiger partial charge in [-0.2, -0.15) is 0 Å². The molecule has 1 radical (unpaired) electrons. The number of hydrogen-bond donors (Lipinski definition) is 2. The van der Waals surface area contributed by atoms with Gasteiger partial charge in [0, 0.05) is 33.3 Å².